The van der Waals surface area contributed by atoms with Crippen LogP contribution < -0.4 is 0 Å². The lowest BCUT2D eigenvalue weighted by Crippen LogP contribution is -2.04. The monoisotopic (exact) mass is 1730 g/mol. The number of sulfone groups is 2. The number of carbonyl (C=O) groups excluding carboxylic acids is 8. The molecule has 0 unspecified atom stereocenters. The van der Waals surface area contributed by atoms with Gasteiger partial charge in [-0.05, 0) is 144 Å². The molecule has 0 saturated heterocycles. The highest BCUT2D eigenvalue weighted by Gasteiger charge is 2.09. The van der Waals surface area contributed by atoms with Gasteiger partial charge in [-0.15, -0.1) is 102 Å². The fourth-order valence-corrected chi connectivity index (χ4v) is 10.0. The van der Waals surface area contributed by atoms with Crippen molar-refractivity contribution in [2.45, 2.75) is 254 Å². The largest absolute Gasteiger partial charge is 0.466 e. The van der Waals surface area contributed by atoms with Crippen molar-refractivity contribution in [3.8, 4) is 0 Å². The van der Waals surface area contributed by atoms with E-state index in [1.54, 1.807) is 41.5 Å². The Hall–Kier alpha value is -12.6. The topological polar surface area (TPSA) is 771 Å². The number of hydrogen-bond donors (Lipinski definition) is 10. The molecule has 0 amide bonds. The molecule has 0 saturated carbocycles. The van der Waals surface area contributed by atoms with Crippen LogP contribution >= 0.6 is 0 Å². The molecule has 0 aliphatic rings. The summed E-state index contributed by atoms with van der Waals surface area (Å²) in [6.45, 7) is 12.0. The Labute approximate surface area is 690 Å². The first-order valence-corrected chi connectivity index (χ1v) is 42.3. The lowest BCUT2D eigenvalue weighted by molar-refractivity contribution is -0.141. The van der Waals surface area contributed by atoms with Gasteiger partial charge in [-0.3, -0.25) is 14.6 Å². The summed E-state index contributed by atoms with van der Waals surface area (Å²) in [6.07, 6.45) is 29.2. The van der Waals surface area contributed by atoms with Crippen molar-refractivity contribution < 1.29 is 59.9 Å². The summed E-state index contributed by atoms with van der Waals surface area (Å²) in [7, 11) is -5.73. The SMILES string of the molecule is CC(=O)CCCCc1nn[nH]n1.CC(=O)CCCCc1nn[nH]n1.CC(=O)CCCCc1nn[nH]n1.CC(=O)CCCCc1nn[nH]n1.CC(=O)CCCCc1nn[nH]n1.CC(=O)CCCCc1nn[nH]n1.CC(=O)OCCCc1nn[nH]n1.CS(=O)(=O)CCCc1nn[nH]n1.CS(=O)(=O)CCCc1nn[nH]n1.O=CC=NCCCc1nn[nH]n1. The molecular weight excluding hydrogens is 1620 g/mol. The summed E-state index contributed by atoms with van der Waals surface area (Å²) in [5, 5.41) is 133. The Morgan fingerprint density at radius 2 is 0.467 bits per heavy atom. The van der Waals surface area contributed by atoms with Crippen LogP contribution in [0.4, 0.5) is 0 Å². The number of aliphatic imine (C=N–C) groups is 1. The number of nitrogens with one attached hydrogen (secondary N) is 10. The van der Waals surface area contributed by atoms with Crippen LogP contribution in [0.2, 0.25) is 0 Å². The molecule has 120 heavy (non-hydrogen) atoms. The number of aldehydes is 1. The number of ether oxygens (including phenoxy) is 1. The first kappa shape index (κ1) is 105. The van der Waals surface area contributed by atoms with E-state index in [2.05, 4.69) is 211 Å². The molecule has 0 aliphatic heterocycles. The van der Waals surface area contributed by atoms with Crippen molar-refractivity contribution in [2.24, 2.45) is 4.99 Å². The molecule has 54 nitrogen and oxygen atoms in total. The third-order valence-electron chi connectivity index (χ3n) is 14.5. The van der Waals surface area contributed by atoms with Crippen LogP contribution in [-0.4, -0.2) is 313 Å². The van der Waals surface area contributed by atoms with E-state index in [0.29, 0.717) is 113 Å². The van der Waals surface area contributed by atoms with Gasteiger partial charge in [0.15, 0.2) is 64.5 Å². The van der Waals surface area contributed by atoms with Crippen LogP contribution in [0.1, 0.15) is 248 Å². The van der Waals surface area contributed by atoms with Gasteiger partial charge in [-0.2, -0.15) is 52.1 Å². The van der Waals surface area contributed by atoms with E-state index >= 15 is 0 Å². The highest BCUT2D eigenvalue weighted by Crippen LogP contribution is 2.07. The number of Topliss-reactive ketones (excluding diaryl/α,β-unsaturated/α-hetero) is 6. The molecule has 56 heteroatoms. The van der Waals surface area contributed by atoms with E-state index in [1.807, 2.05) is 0 Å². The van der Waals surface area contributed by atoms with E-state index in [-0.39, 0.29) is 52.2 Å². The minimum atomic E-state index is -2.86. The Morgan fingerprint density at radius 1 is 0.283 bits per heavy atom. The zero-order chi connectivity index (χ0) is 88.4. The van der Waals surface area contributed by atoms with E-state index in [1.165, 1.54) is 25.6 Å². The summed E-state index contributed by atoms with van der Waals surface area (Å²) in [6, 6.07) is 0. The van der Waals surface area contributed by atoms with Crippen LogP contribution in [0.3, 0.4) is 0 Å². The van der Waals surface area contributed by atoms with Crippen LogP contribution in [0.15, 0.2) is 4.99 Å². The van der Waals surface area contributed by atoms with Crippen molar-refractivity contribution in [3.05, 3.63) is 58.2 Å². The predicted molar refractivity (Wildman–Crippen MR) is 420 cm³/mol. The number of aryl methyl sites for hydroxylation is 10. The summed E-state index contributed by atoms with van der Waals surface area (Å²) in [5.74, 6) is 8.26. The van der Waals surface area contributed by atoms with Crippen LogP contribution in [0.5, 0.6) is 0 Å². The Bertz CT molecular complexity index is 3770. The normalized spacial score (nSPS) is 10.4. The van der Waals surface area contributed by atoms with Crippen LogP contribution in [0.25, 0.3) is 0 Å². The fraction of sp³-hybridized carbons (Fsp3) is 0.703. The van der Waals surface area contributed by atoms with Gasteiger partial charge in [-0.1, -0.05) is 52.1 Å². The molecule has 0 bridgehead atoms. The number of hydrogen-bond acceptors (Lipinski definition) is 44. The van der Waals surface area contributed by atoms with Gasteiger partial charge in [0.1, 0.15) is 54.4 Å². The second-order valence-electron chi connectivity index (χ2n) is 25.9. The summed E-state index contributed by atoms with van der Waals surface area (Å²) >= 11 is 0. The molecule has 0 fully saturated rings. The average molecular weight is 1730 g/mol. The van der Waals surface area contributed by atoms with Crippen LogP contribution in [0, 0.1) is 0 Å². The molecule has 10 rings (SSSR count). The fourth-order valence-electron chi connectivity index (χ4n) is 8.70. The van der Waals surface area contributed by atoms with Crippen LogP contribution in [-0.2, 0) is 127 Å². The van der Waals surface area contributed by atoms with Crippen molar-refractivity contribution in [1.29, 1.82) is 0 Å². The number of aromatic nitrogens is 40. The highest BCUT2D eigenvalue weighted by atomic mass is 32.2. The maximum Gasteiger partial charge on any atom is 0.302 e. The second kappa shape index (κ2) is 69.5. The zero-order valence-corrected chi connectivity index (χ0v) is 70.7. The average Bonchev–Trinajstić information content (AvgIpc) is 1.25. The number of esters is 1. The minimum Gasteiger partial charge on any atom is -0.466 e. The minimum absolute atomic E-state index is 0.168. The highest BCUT2D eigenvalue weighted by molar-refractivity contribution is 7.90. The summed E-state index contributed by atoms with van der Waals surface area (Å²) in [5.41, 5.74) is 0. The maximum absolute atomic E-state index is 10.7. The molecule has 10 aromatic rings. The molecule has 0 radical (unpaired) electrons. The van der Waals surface area contributed by atoms with E-state index in [9.17, 15) is 55.2 Å². The van der Waals surface area contributed by atoms with Crippen molar-refractivity contribution >= 4 is 72.8 Å². The summed E-state index contributed by atoms with van der Waals surface area (Å²) < 4.78 is 47.5. The Morgan fingerprint density at radius 3 is 0.625 bits per heavy atom. The Balaban J connectivity index is 0.000000667. The molecule has 0 atom stereocenters. The second-order valence-corrected chi connectivity index (χ2v) is 30.5. The number of ketones is 6. The number of tetrazole rings is 10. The maximum atomic E-state index is 10.7. The zero-order valence-electron chi connectivity index (χ0n) is 69.1. The van der Waals surface area contributed by atoms with Gasteiger partial charge in [0.2, 0.25) is 0 Å². The van der Waals surface area contributed by atoms with Gasteiger partial charge in [-0.25, -0.2) is 16.8 Å². The molecule has 0 aromatic carbocycles. The van der Waals surface area contributed by atoms with Crippen molar-refractivity contribution in [2.75, 3.05) is 37.2 Å². The van der Waals surface area contributed by atoms with Gasteiger partial charge in [0.25, 0.3) is 0 Å². The lowest BCUT2D eigenvalue weighted by atomic mass is 10.1. The Kier molecular flexibility index (Phi) is 61.1. The molecular formula is C64H111N41O13S2. The number of aromatic amines is 10. The van der Waals surface area contributed by atoms with Gasteiger partial charge < -0.3 is 33.5 Å². The lowest BCUT2D eigenvalue weighted by Gasteiger charge is -1.97. The first-order chi connectivity index (χ1) is 57.6. The third kappa shape index (κ3) is 70.8. The first-order valence-electron chi connectivity index (χ1n) is 38.2. The number of unbranched alkanes of at least 4 members (excludes halogenated alkanes) is 6. The molecule has 0 aliphatic carbocycles. The van der Waals surface area contributed by atoms with E-state index in [0.717, 1.165) is 170 Å². The molecule has 10 heterocycles. The predicted octanol–water partition coefficient (Wildman–Crippen LogP) is 0.460. The number of carbonyl (C=O) groups is 8. The number of rotatable bonds is 47. The quantitative estimate of drug-likeness (QED) is 0.0107. The van der Waals surface area contributed by atoms with Crippen molar-refractivity contribution in [3.63, 3.8) is 0 Å². The van der Waals surface area contributed by atoms with Gasteiger partial charge in [0, 0.05) is 129 Å². The van der Waals surface area contributed by atoms with Crippen molar-refractivity contribution in [1.82, 2.24) is 206 Å². The molecule has 662 valence electrons. The molecule has 0 spiro atoms. The summed E-state index contributed by atoms with van der Waals surface area (Å²) in [4.78, 5) is 87.3. The van der Waals surface area contributed by atoms with Gasteiger partial charge >= 0.3 is 5.97 Å². The number of nitrogens with zero attached hydrogens (tertiary/aromatic N) is 31. The molecule has 10 N–H and O–H groups in total. The standard InChI is InChI=1S/6C7H12N4O.C6H9N5O.C6H10N4O2.2C5H10N4O2S/c6*1-6(12)4-2-3-5-7-8-10-11-9-7;12-5-4-7-3-1-2-6-8-10-11-9-6;1-5(11)12-4-2-3-6-7-9-10-8-6;2*1-12(10,11)4-2-3-5-6-8-9-7-5/h6*2-5H2,1H3,(H,8,9,10,11);4-5H,1-3H2,(H,8,9,10,11);2-4H2,1H3,(H,7,8,9,10);2*2-4H2,1H3,(H,6,7,8,9). The van der Waals surface area contributed by atoms with E-state index < -0.39 is 19.7 Å². The number of H-pyrrole nitrogens is 10. The van der Waals surface area contributed by atoms with E-state index in [4.69, 9.17) is 4.74 Å². The smallest absolute Gasteiger partial charge is 0.302 e. The molecule has 10 aromatic heterocycles. The third-order valence-corrected chi connectivity index (χ3v) is 16.6. The van der Waals surface area contributed by atoms with Gasteiger partial charge in [0.05, 0.1) is 24.3 Å².